The summed E-state index contributed by atoms with van der Waals surface area (Å²) in [5.41, 5.74) is 4.37. The molecule has 0 saturated heterocycles. The Morgan fingerprint density at radius 1 is 1.04 bits per heavy atom. The number of ether oxygens (including phenoxy) is 1. The summed E-state index contributed by atoms with van der Waals surface area (Å²) in [4.78, 5) is 12.3. The monoisotopic (exact) mass is 362 g/mol. The standard InChI is InChI=1S/C21H22N4O2/c1-14-8-10-19(27-3)18(12-14)23-20-11-9-17(24-25-20)21(26)22-13-16-7-5-4-6-15(16)2/h4-12H,13H2,1-3H3,(H,22,26)(H,23,25). The van der Waals surface area contributed by atoms with Crippen LogP contribution in [0.25, 0.3) is 0 Å². The molecule has 0 aliphatic heterocycles. The number of methoxy groups -OCH3 is 1. The van der Waals surface area contributed by atoms with Crippen LogP contribution in [0.5, 0.6) is 5.75 Å². The summed E-state index contributed by atoms with van der Waals surface area (Å²) in [6.07, 6.45) is 0. The van der Waals surface area contributed by atoms with Crippen molar-refractivity contribution in [2.24, 2.45) is 0 Å². The van der Waals surface area contributed by atoms with Gasteiger partial charge in [0.25, 0.3) is 5.91 Å². The number of carbonyl (C=O) groups excluding carboxylic acids is 1. The molecule has 0 fully saturated rings. The maximum Gasteiger partial charge on any atom is 0.272 e. The molecular formula is C21H22N4O2. The van der Waals surface area contributed by atoms with E-state index in [0.717, 1.165) is 22.4 Å². The molecule has 0 radical (unpaired) electrons. The Morgan fingerprint density at radius 2 is 1.85 bits per heavy atom. The molecule has 0 atom stereocenters. The number of aromatic nitrogens is 2. The van der Waals surface area contributed by atoms with Crippen LogP contribution in [-0.2, 0) is 6.54 Å². The van der Waals surface area contributed by atoms with Gasteiger partial charge in [-0.05, 0) is 54.8 Å². The van der Waals surface area contributed by atoms with E-state index in [0.29, 0.717) is 18.1 Å². The largest absolute Gasteiger partial charge is 0.495 e. The van der Waals surface area contributed by atoms with E-state index in [-0.39, 0.29) is 11.6 Å². The Hall–Kier alpha value is -3.41. The number of nitrogens with zero attached hydrogens (tertiary/aromatic N) is 2. The lowest BCUT2D eigenvalue weighted by molar-refractivity contribution is 0.0945. The number of hydrogen-bond donors (Lipinski definition) is 2. The van der Waals surface area contributed by atoms with Crippen molar-refractivity contribution in [1.82, 2.24) is 15.5 Å². The fraction of sp³-hybridized carbons (Fsp3) is 0.190. The Kier molecular flexibility index (Phi) is 5.66. The first-order valence-electron chi connectivity index (χ1n) is 8.65. The fourth-order valence-electron chi connectivity index (χ4n) is 2.65. The second-order valence-corrected chi connectivity index (χ2v) is 6.24. The molecule has 0 aliphatic rings. The van der Waals surface area contributed by atoms with Crippen molar-refractivity contribution < 1.29 is 9.53 Å². The Morgan fingerprint density at radius 3 is 2.56 bits per heavy atom. The number of carbonyl (C=O) groups is 1. The molecule has 0 bridgehead atoms. The molecule has 2 N–H and O–H groups in total. The van der Waals surface area contributed by atoms with Crippen LogP contribution in [0.4, 0.5) is 11.5 Å². The van der Waals surface area contributed by atoms with Gasteiger partial charge in [0, 0.05) is 6.54 Å². The number of amides is 1. The van der Waals surface area contributed by atoms with Gasteiger partial charge in [-0.15, -0.1) is 10.2 Å². The average Bonchev–Trinajstić information content (AvgIpc) is 2.68. The minimum absolute atomic E-state index is 0.259. The highest BCUT2D eigenvalue weighted by Gasteiger charge is 2.10. The molecule has 2 aromatic carbocycles. The summed E-state index contributed by atoms with van der Waals surface area (Å²) < 4.78 is 5.34. The van der Waals surface area contributed by atoms with E-state index in [1.807, 2.05) is 56.3 Å². The number of rotatable bonds is 6. The van der Waals surface area contributed by atoms with Crippen molar-refractivity contribution in [1.29, 1.82) is 0 Å². The van der Waals surface area contributed by atoms with Crippen LogP contribution < -0.4 is 15.4 Å². The lowest BCUT2D eigenvalue weighted by atomic mass is 10.1. The molecule has 6 nitrogen and oxygen atoms in total. The molecule has 0 unspecified atom stereocenters. The maximum atomic E-state index is 12.3. The van der Waals surface area contributed by atoms with E-state index in [1.54, 1.807) is 19.2 Å². The Bertz CT molecular complexity index is 939. The van der Waals surface area contributed by atoms with Crippen molar-refractivity contribution >= 4 is 17.4 Å². The molecule has 0 saturated carbocycles. The molecule has 1 aromatic heterocycles. The molecule has 0 spiro atoms. The van der Waals surface area contributed by atoms with Crippen LogP contribution in [0, 0.1) is 13.8 Å². The molecule has 1 amide bonds. The van der Waals surface area contributed by atoms with E-state index in [4.69, 9.17) is 4.74 Å². The molecule has 3 aromatic rings. The van der Waals surface area contributed by atoms with Crippen LogP contribution in [0.3, 0.4) is 0 Å². The van der Waals surface area contributed by atoms with Crippen LogP contribution in [0.2, 0.25) is 0 Å². The number of nitrogens with one attached hydrogen (secondary N) is 2. The van der Waals surface area contributed by atoms with Crippen molar-refractivity contribution in [3.8, 4) is 5.75 Å². The molecule has 27 heavy (non-hydrogen) atoms. The van der Waals surface area contributed by atoms with E-state index in [9.17, 15) is 4.79 Å². The molecule has 3 rings (SSSR count). The molecule has 1 heterocycles. The van der Waals surface area contributed by atoms with Crippen LogP contribution in [0.1, 0.15) is 27.2 Å². The first kappa shape index (κ1) is 18.4. The first-order chi connectivity index (χ1) is 13.1. The second-order valence-electron chi connectivity index (χ2n) is 6.24. The smallest absolute Gasteiger partial charge is 0.272 e. The second kappa shape index (κ2) is 8.31. The summed E-state index contributed by atoms with van der Waals surface area (Å²) in [6.45, 7) is 4.47. The van der Waals surface area contributed by atoms with Crippen LogP contribution in [-0.4, -0.2) is 23.2 Å². The third kappa shape index (κ3) is 4.61. The Labute approximate surface area is 158 Å². The summed E-state index contributed by atoms with van der Waals surface area (Å²) in [6, 6.07) is 17.1. The third-order valence-electron chi connectivity index (χ3n) is 4.22. The van der Waals surface area contributed by atoms with Gasteiger partial charge in [-0.25, -0.2) is 0 Å². The summed E-state index contributed by atoms with van der Waals surface area (Å²) in [7, 11) is 1.61. The van der Waals surface area contributed by atoms with Crippen molar-refractivity contribution in [3.05, 3.63) is 77.0 Å². The predicted molar refractivity (Wildman–Crippen MR) is 105 cm³/mol. The number of benzene rings is 2. The lowest BCUT2D eigenvalue weighted by Crippen LogP contribution is -2.24. The normalized spacial score (nSPS) is 10.3. The van der Waals surface area contributed by atoms with Gasteiger partial charge in [0.15, 0.2) is 11.5 Å². The number of anilines is 2. The van der Waals surface area contributed by atoms with Crippen molar-refractivity contribution in [3.63, 3.8) is 0 Å². The van der Waals surface area contributed by atoms with E-state index in [1.165, 1.54) is 0 Å². The van der Waals surface area contributed by atoms with Gasteiger partial charge in [0.05, 0.1) is 12.8 Å². The first-order valence-corrected chi connectivity index (χ1v) is 8.65. The summed E-state index contributed by atoms with van der Waals surface area (Å²) in [5.74, 6) is 0.988. The van der Waals surface area contributed by atoms with Gasteiger partial charge in [0.2, 0.25) is 0 Å². The quantitative estimate of drug-likeness (QED) is 0.698. The molecule has 0 aliphatic carbocycles. The van der Waals surface area contributed by atoms with E-state index >= 15 is 0 Å². The highest BCUT2D eigenvalue weighted by molar-refractivity contribution is 5.92. The third-order valence-corrected chi connectivity index (χ3v) is 4.22. The lowest BCUT2D eigenvalue weighted by Gasteiger charge is -2.11. The molecule has 6 heteroatoms. The minimum Gasteiger partial charge on any atom is -0.495 e. The van der Waals surface area contributed by atoms with Gasteiger partial charge < -0.3 is 15.4 Å². The van der Waals surface area contributed by atoms with Gasteiger partial charge in [-0.1, -0.05) is 30.3 Å². The SMILES string of the molecule is COc1ccc(C)cc1Nc1ccc(C(=O)NCc2ccccc2C)nn1. The van der Waals surface area contributed by atoms with Gasteiger partial charge in [-0.3, -0.25) is 4.79 Å². The van der Waals surface area contributed by atoms with Crippen LogP contribution in [0.15, 0.2) is 54.6 Å². The van der Waals surface area contributed by atoms with E-state index in [2.05, 4.69) is 20.8 Å². The molecule has 138 valence electrons. The van der Waals surface area contributed by atoms with Gasteiger partial charge in [0.1, 0.15) is 5.75 Å². The minimum atomic E-state index is -0.259. The highest BCUT2D eigenvalue weighted by Crippen LogP contribution is 2.27. The maximum absolute atomic E-state index is 12.3. The number of hydrogen-bond acceptors (Lipinski definition) is 5. The van der Waals surface area contributed by atoms with Crippen molar-refractivity contribution in [2.45, 2.75) is 20.4 Å². The summed E-state index contributed by atoms with van der Waals surface area (Å²) >= 11 is 0. The highest BCUT2D eigenvalue weighted by atomic mass is 16.5. The van der Waals surface area contributed by atoms with E-state index < -0.39 is 0 Å². The topological polar surface area (TPSA) is 76.1 Å². The molecular weight excluding hydrogens is 340 g/mol. The Balaban J connectivity index is 1.65. The fourth-order valence-corrected chi connectivity index (χ4v) is 2.65. The zero-order valence-electron chi connectivity index (χ0n) is 15.6. The number of aryl methyl sites for hydroxylation is 2. The van der Waals surface area contributed by atoms with Gasteiger partial charge >= 0.3 is 0 Å². The van der Waals surface area contributed by atoms with Crippen LogP contribution >= 0.6 is 0 Å². The predicted octanol–water partition coefficient (Wildman–Crippen LogP) is 3.78. The zero-order chi connectivity index (χ0) is 19.2. The van der Waals surface area contributed by atoms with Gasteiger partial charge in [-0.2, -0.15) is 0 Å². The van der Waals surface area contributed by atoms with Crippen molar-refractivity contribution in [2.75, 3.05) is 12.4 Å². The summed E-state index contributed by atoms with van der Waals surface area (Å²) in [5, 5.41) is 14.2. The average molecular weight is 362 g/mol. The zero-order valence-corrected chi connectivity index (χ0v) is 15.6.